The molecule has 100 valence electrons. The number of hydrogen-bond acceptors (Lipinski definition) is 4. The van der Waals surface area contributed by atoms with Crippen molar-refractivity contribution in [1.82, 2.24) is 9.97 Å². The number of carboxylic acid groups (broad SMARTS) is 1. The largest absolute Gasteiger partial charge is 0.481 e. The minimum atomic E-state index is -0.847. The van der Waals surface area contributed by atoms with E-state index >= 15 is 0 Å². The molecule has 0 saturated carbocycles. The van der Waals surface area contributed by atoms with Gasteiger partial charge in [0.1, 0.15) is 5.82 Å². The second-order valence-electron chi connectivity index (χ2n) is 5.19. The van der Waals surface area contributed by atoms with Crippen LogP contribution in [0, 0.1) is 12.3 Å². The number of aryl methyl sites for hydroxylation is 1. The zero-order valence-electron chi connectivity index (χ0n) is 11.3. The van der Waals surface area contributed by atoms with Gasteiger partial charge in [-0.15, -0.1) is 0 Å². The van der Waals surface area contributed by atoms with Crippen LogP contribution in [0.15, 0.2) is 24.3 Å². The van der Waals surface area contributed by atoms with Gasteiger partial charge in [-0.25, -0.2) is 9.97 Å². The number of carbonyl (C=O) groups is 1. The third-order valence-electron chi connectivity index (χ3n) is 3.02. The lowest BCUT2D eigenvalue weighted by Crippen LogP contribution is -2.32. The molecule has 1 aromatic carbocycles. The number of fused-ring (bicyclic) bond motifs is 1. The second kappa shape index (κ2) is 4.84. The number of rotatable bonds is 4. The van der Waals surface area contributed by atoms with Crippen LogP contribution in [0.25, 0.3) is 11.0 Å². The fraction of sp³-hybridized carbons (Fsp3) is 0.357. The summed E-state index contributed by atoms with van der Waals surface area (Å²) in [6, 6.07) is 7.60. The van der Waals surface area contributed by atoms with E-state index in [1.165, 1.54) is 0 Å². The molecule has 0 unspecified atom stereocenters. The van der Waals surface area contributed by atoms with Crippen molar-refractivity contribution in [2.24, 2.45) is 5.41 Å². The van der Waals surface area contributed by atoms with Crippen molar-refractivity contribution in [3.05, 3.63) is 30.0 Å². The highest BCUT2D eigenvalue weighted by Crippen LogP contribution is 2.19. The first-order valence-electron chi connectivity index (χ1n) is 6.11. The van der Waals surface area contributed by atoms with Gasteiger partial charge in [0.25, 0.3) is 0 Å². The number of para-hydroxylation sites is 2. The van der Waals surface area contributed by atoms with Gasteiger partial charge in [-0.1, -0.05) is 12.1 Å². The van der Waals surface area contributed by atoms with E-state index in [9.17, 15) is 4.79 Å². The van der Waals surface area contributed by atoms with Gasteiger partial charge in [-0.2, -0.15) is 0 Å². The average Bonchev–Trinajstić information content (AvgIpc) is 2.36. The van der Waals surface area contributed by atoms with Crippen molar-refractivity contribution in [2.75, 3.05) is 11.9 Å². The summed E-state index contributed by atoms with van der Waals surface area (Å²) < 4.78 is 0. The van der Waals surface area contributed by atoms with E-state index in [4.69, 9.17) is 5.11 Å². The molecule has 0 saturated heterocycles. The molecule has 1 aromatic heterocycles. The monoisotopic (exact) mass is 259 g/mol. The van der Waals surface area contributed by atoms with Gasteiger partial charge in [0, 0.05) is 6.54 Å². The Morgan fingerprint density at radius 3 is 2.42 bits per heavy atom. The van der Waals surface area contributed by atoms with Crippen molar-refractivity contribution < 1.29 is 9.90 Å². The first-order chi connectivity index (χ1) is 8.90. The van der Waals surface area contributed by atoms with Crippen LogP contribution >= 0.6 is 0 Å². The lowest BCUT2D eigenvalue weighted by molar-refractivity contribution is -0.146. The van der Waals surface area contributed by atoms with Crippen LogP contribution in [0.5, 0.6) is 0 Å². The number of nitrogens with zero attached hydrogens (tertiary/aromatic N) is 2. The fourth-order valence-electron chi connectivity index (χ4n) is 1.64. The van der Waals surface area contributed by atoms with Gasteiger partial charge in [-0.3, -0.25) is 4.79 Å². The fourth-order valence-corrected chi connectivity index (χ4v) is 1.64. The van der Waals surface area contributed by atoms with Crippen molar-refractivity contribution in [1.29, 1.82) is 0 Å². The number of anilines is 1. The molecule has 2 N–H and O–H groups in total. The Morgan fingerprint density at radius 2 is 1.84 bits per heavy atom. The molecular weight excluding hydrogens is 242 g/mol. The maximum Gasteiger partial charge on any atom is 0.310 e. The number of carboxylic acids is 1. The predicted octanol–water partition coefficient (Wildman–Crippen LogP) is 2.46. The number of aromatic nitrogens is 2. The molecular formula is C14H17N3O2. The summed E-state index contributed by atoms with van der Waals surface area (Å²) in [6.45, 7) is 5.50. The number of benzene rings is 1. The summed E-state index contributed by atoms with van der Waals surface area (Å²) in [7, 11) is 0. The molecule has 0 fully saturated rings. The Balaban J connectivity index is 2.26. The molecule has 0 spiro atoms. The highest BCUT2D eigenvalue weighted by atomic mass is 16.4. The lowest BCUT2D eigenvalue weighted by Gasteiger charge is -2.20. The summed E-state index contributed by atoms with van der Waals surface area (Å²) in [4.78, 5) is 20.0. The molecule has 0 aliphatic carbocycles. The third kappa shape index (κ3) is 2.81. The zero-order chi connectivity index (χ0) is 14.0. The topological polar surface area (TPSA) is 75.1 Å². The Morgan fingerprint density at radius 1 is 1.26 bits per heavy atom. The molecule has 0 atom stereocenters. The van der Waals surface area contributed by atoms with Crippen LogP contribution in [0.1, 0.15) is 19.5 Å². The highest BCUT2D eigenvalue weighted by molar-refractivity contribution is 5.77. The molecule has 5 nitrogen and oxygen atoms in total. The van der Waals surface area contributed by atoms with Gasteiger partial charge in [0.2, 0.25) is 0 Å². The van der Waals surface area contributed by atoms with E-state index in [0.29, 0.717) is 12.4 Å². The minimum absolute atomic E-state index is 0.302. The lowest BCUT2D eigenvalue weighted by atomic mass is 9.94. The summed E-state index contributed by atoms with van der Waals surface area (Å²) in [6.07, 6.45) is 0. The number of aliphatic carboxylic acids is 1. The Kier molecular flexibility index (Phi) is 3.38. The summed E-state index contributed by atoms with van der Waals surface area (Å²) >= 11 is 0. The molecule has 0 radical (unpaired) electrons. The van der Waals surface area contributed by atoms with Gasteiger partial charge in [0.05, 0.1) is 22.1 Å². The number of nitrogens with one attached hydrogen (secondary N) is 1. The van der Waals surface area contributed by atoms with Crippen molar-refractivity contribution >= 4 is 22.8 Å². The summed E-state index contributed by atoms with van der Waals surface area (Å²) in [5.74, 6) is -0.209. The van der Waals surface area contributed by atoms with Crippen molar-refractivity contribution in [3.8, 4) is 0 Å². The molecule has 0 bridgehead atoms. The Bertz CT molecular complexity index is 623. The Hall–Kier alpha value is -2.17. The number of hydrogen-bond donors (Lipinski definition) is 2. The van der Waals surface area contributed by atoms with E-state index in [1.54, 1.807) is 13.8 Å². The molecule has 2 aromatic rings. The predicted molar refractivity (Wildman–Crippen MR) is 74.2 cm³/mol. The molecule has 5 heteroatoms. The highest BCUT2D eigenvalue weighted by Gasteiger charge is 2.27. The smallest absolute Gasteiger partial charge is 0.310 e. The van der Waals surface area contributed by atoms with Gasteiger partial charge < -0.3 is 10.4 Å². The van der Waals surface area contributed by atoms with Crippen LogP contribution in [0.4, 0.5) is 5.82 Å². The molecule has 1 heterocycles. The van der Waals surface area contributed by atoms with E-state index in [-0.39, 0.29) is 0 Å². The summed E-state index contributed by atoms with van der Waals surface area (Å²) in [5.41, 5.74) is 1.55. The quantitative estimate of drug-likeness (QED) is 0.882. The van der Waals surface area contributed by atoms with Crippen molar-refractivity contribution in [2.45, 2.75) is 20.8 Å². The van der Waals surface area contributed by atoms with Crippen molar-refractivity contribution in [3.63, 3.8) is 0 Å². The van der Waals surface area contributed by atoms with E-state index in [0.717, 1.165) is 16.7 Å². The minimum Gasteiger partial charge on any atom is -0.481 e. The standard InChI is InChI=1S/C14H17N3O2/c1-9-12(15-8-14(2,3)13(18)19)17-11-7-5-4-6-10(11)16-9/h4-7H,8H2,1-3H3,(H,15,17)(H,18,19). The van der Waals surface area contributed by atoms with E-state index in [2.05, 4.69) is 15.3 Å². The van der Waals surface area contributed by atoms with Crippen LogP contribution < -0.4 is 5.32 Å². The van der Waals surface area contributed by atoms with E-state index in [1.807, 2.05) is 31.2 Å². The zero-order valence-corrected chi connectivity index (χ0v) is 11.3. The molecule has 19 heavy (non-hydrogen) atoms. The first kappa shape index (κ1) is 13.3. The van der Waals surface area contributed by atoms with Crippen LogP contribution in [0.3, 0.4) is 0 Å². The van der Waals surface area contributed by atoms with E-state index < -0.39 is 11.4 Å². The van der Waals surface area contributed by atoms with Gasteiger partial charge >= 0.3 is 5.97 Å². The molecule has 0 aliphatic heterocycles. The second-order valence-corrected chi connectivity index (χ2v) is 5.19. The van der Waals surface area contributed by atoms with Gasteiger partial charge in [0.15, 0.2) is 0 Å². The SMILES string of the molecule is Cc1nc2ccccc2nc1NCC(C)(C)C(=O)O. The summed E-state index contributed by atoms with van der Waals surface area (Å²) in [5, 5.41) is 12.2. The molecule has 0 aliphatic rings. The molecule has 0 amide bonds. The van der Waals surface area contributed by atoms with Crippen LogP contribution in [-0.2, 0) is 4.79 Å². The Labute approximate surface area is 111 Å². The normalized spacial score (nSPS) is 11.5. The maximum absolute atomic E-state index is 11.1. The average molecular weight is 259 g/mol. The van der Waals surface area contributed by atoms with Gasteiger partial charge in [-0.05, 0) is 32.9 Å². The first-order valence-corrected chi connectivity index (χ1v) is 6.11. The van der Waals surface area contributed by atoms with Crippen LogP contribution in [0.2, 0.25) is 0 Å². The molecule has 2 rings (SSSR count). The maximum atomic E-state index is 11.1. The third-order valence-corrected chi connectivity index (χ3v) is 3.02. The van der Waals surface area contributed by atoms with Crippen LogP contribution in [-0.4, -0.2) is 27.6 Å².